The lowest BCUT2D eigenvalue weighted by Gasteiger charge is -2.27. The topological polar surface area (TPSA) is 34.2 Å². The number of likely N-dealkylation sites (N-methyl/N-ethyl adjacent to an activating group) is 1. The van der Waals surface area contributed by atoms with Crippen LogP contribution in [0.25, 0.3) is 0 Å². The number of nitrogens with zero attached hydrogens (tertiary/aromatic N) is 1. The van der Waals surface area contributed by atoms with Crippen LogP contribution in [0.4, 0.5) is 0 Å². The summed E-state index contributed by atoms with van der Waals surface area (Å²) in [6.07, 6.45) is 5.96. The molecule has 0 spiro atoms. The van der Waals surface area contributed by atoms with Crippen LogP contribution in [0.3, 0.4) is 0 Å². The summed E-state index contributed by atoms with van der Waals surface area (Å²) in [7, 11) is 0. The van der Waals surface area contributed by atoms with Crippen LogP contribution < -0.4 is 5.32 Å². The number of nitrogens with one attached hydrogen (secondary N) is 1. The first-order chi connectivity index (χ1) is 8.71. The maximum absolute atomic E-state index is 5.81. The summed E-state index contributed by atoms with van der Waals surface area (Å²) in [6, 6.07) is 2.46. The molecule has 18 heavy (non-hydrogen) atoms. The summed E-state index contributed by atoms with van der Waals surface area (Å²) < 4.78 is 6.84. The first-order valence-electron chi connectivity index (χ1n) is 6.65. The monoisotopic (exact) mass is 314 g/mol. The van der Waals surface area contributed by atoms with Crippen LogP contribution in [0, 0.1) is 0 Å². The molecular formula is C14H23BrN2O. The van der Waals surface area contributed by atoms with E-state index < -0.39 is 0 Å². The highest BCUT2D eigenvalue weighted by molar-refractivity contribution is 9.10. The minimum Gasteiger partial charge on any atom is -0.377 e. The summed E-state index contributed by atoms with van der Waals surface area (Å²) in [5.41, 5.74) is 1.23. The molecule has 0 amide bonds. The zero-order valence-electron chi connectivity index (χ0n) is 11.4. The highest BCUT2D eigenvalue weighted by atomic mass is 79.9. The van der Waals surface area contributed by atoms with Crippen molar-refractivity contribution in [3.05, 3.63) is 28.5 Å². The fourth-order valence-electron chi connectivity index (χ4n) is 2.15. The first-order valence-corrected chi connectivity index (χ1v) is 7.44. The quantitative estimate of drug-likeness (QED) is 0.800. The van der Waals surface area contributed by atoms with Crippen LogP contribution >= 0.6 is 15.9 Å². The molecule has 0 aliphatic rings. The van der Waals surface area contributed by atoms with Gasteiger partial charge in [0.25, 0.3) is 0 Å². The van der Waals surface area contributed by atoms with Crippen molar-refractivity contribution in [3.63, 3.8) is 0 Å². The molecule has 0 fully saturated rings. The zero-order chi connectivity index (χ0) is 13.4. The average molecular weight is 315 g/mol. The molecule has 0 bridgehead atoms. The molecule has 3 nitrogen and oxygen atoms in total. The largest absolute Gasteiger partial charge is 0.377 e. The van der Waals surface area contributed by atoms with Crippen LogP contribution in [-0.2, 0) is 11.2 Å². The predicted molar refractivity (Wildman–Crippen MR) is 78.8 cm³/mol. The Hall–Kier alpha value is -0.450. The fourth-order valence-corrected chi connectivity index (χ4v) is 2.56. The van der Waals surface area contributed by atoms with Crippen molar-refractivity contribution in [2.45, 2.75) is 45.8 Å². The fraction of sp³-hybridized carbons (Fsp3) is 0.643. The maximum atomic E-state index is 5.81. The summed E-state index contributed by atoms with van der Waals surface area (Å²) in [6.45, 7) is 8.06. The summed E-state index contributed by atoms with van der Waals surface area (Å²) in [5, 5.41) is 3.52. The number of hydrogen-bond donors (Lipinski definition) is 1. The molecule has 2 unspecified atom stereocenters. The lowest BCUT2D eigenvalue weighted by molar-refractivity contribution is 0.0323. The molecular weight excluding hydrogens is 292 g/mol. The van der Waals surface area contributed by atoms with Gasteiger partial charge in [-0.15, -0.1) is 0 Å². The van der Waals surface area contributed by atoms with Crippen molar-refractivity contribution >= 4 is 15.9 Å². The smallest absolute Gasteiger partial charge is 0.0728 e. The van der Waals surface area contributed by atoms with Crippen molar-refractivity contribution in [2.24, 2.45) is 0 Å². The molecule has 0 aliphatic heterocycles. The molecule has 0 aliphatic carbocycles. The van der Waals surface area contributed by atoms with E-state index in [-0.39, 0.29) is 6.10 Å². The second-order valence-corrected chi connectivity index (χ2v) is 5.20. The van der Waals surface area contributed by atoms with Crippen molar-refractivity contribution in [2.75, 3.05) is 13.2 Å². The Balaban J connectivity index is 2.72. The van der Waals surface area contributed by atoms with E-state index in [1.54, 1.807) is 0 Å². The van der Waals surface area contributed by atoms with Crippen LogP contribution in [0.2, 0.25) is 0 Å². The lowest BCUT2D eigenvalue weighted by atomic mass is 10.0. The third-order valence-corrected chi connectivity index (χ3v) is 3.35. The molecule has 0 saturated carbocycles. The summed E-state index contributed by atoms with van der Waals surface area (Å²) in [5.74, 6) is 0. The van der Waals surface area contributed by atoms with E-state index in [0.717, 1.165) is 30.5 Å². The van der Waals surface area contributed by atoms with E-state index in [2.05, 4.69) is 46.1 Å². The predicted octanol–water partition coefficient (Wildman–Crippen LogP) is 3.18. The SMILES string of the molecule is CCNC(Cc1cncc(Br)c1)C(CC)OCC. The van der Waals surface area contributed by atoms with E-state index in [0.29, 0.717) is 6.04 Å². The number of pyridine rings is 1. The normalized spacial score (nSPS) is 14.4. The van der Waals surface area contributed by atoms with E-state index in [1.807, 2.05) is 19.3 Å². The molecule has 1 heterocycles. The van der Waals surface area contributed by atoms with Crippen molar-refractivity contribution in [1.82, 2.24) is 10.3 Å². The molecule has 0 saturated heterocycles. The number of aromatic nitrogens is 1. The Labute approximate surface area is 118 Å². The van der Waals surface area contributed by atoms with Crippen LogP contribution in [-0.4, -0.2) is 30.3 Å². The van der Waals surface area contributed by atoms with Gasteiger partial charge in [-0.1, -0.05) is 13.8 Å². The van der Waals surface area contributed by atoms with Crippen LogP contribution in [0.5, 0.6) is 0 Å². The number of rotatable bonds is 8. The molecule has 1 N–H and O–H groups in total. The molecule has 102 valence electrons. The minimum absolute atomic E-state index is 0.258. The van der Waals surface area contributed by atoms with Gasteiger partial charge in [-0.25, -0.2) is 0 Å². The van der Waals surface area contributed by atoms with Gasteiger partial charge >= 0.3 is 0 Å². The standard InChI is InChI=1S/C14H23BrN2O/c1-4-14(18-6-3)13(17-5-2)8-11-7-12(15)10-16-9-11/h7,9-10,13-14,17H,4-6,8H2,1-3H3. The lowest BCUT2D eigenvalue weighted by Crippen LogP contribution is -2.42. The Morgan fingerprint density at radius 3 is 2.67 bits per heavy atom. The molecule has 4 heteroatoms. The minimum atomic E-state index is 0.258. The highest BCUT2D eigenvalue weighted by Crippen LogP contribution is 2.14. The Kier molecular flexibility index (Phi) is 7.47. The molecule has 1 rings (SSSR count). The van der Waals surface area contributed by atoms with Crippen molar-refractivity contribution < 1.29 is 4.74 Å². The number of ether oxygens (including phenoxy) is 1. The third-order valence-electron chi connectivity index (χ3n) is 2.92. The highest BCUT2D eigenvalue weighted by Gasteiger charge is 2.19. The van der Waals surface area contributed by atoms with Gasteiger partial charge in [-0.05, 0) is 53.9 Å². The Morgan fingerprint density at radius 1 is 1.33 bits per heavy atom. The zero-order valence-corrected chi connectivity index (χ0v) is 13.0. The van der Waals surface area contributed by atoms with Gasteiger partial charge in [0.15, 0.2) is 0 Å². The third kappa shape index (κ3) is 5.04. The van der Waals surface area contributed by atoms with Gasteiger partial charge in [0, 0.05) is 29.5 Å². The second-order valence-electron chi connectivity index (χ2n) is 4.28. The van der Waals surface area contributed by atoms with Gasteiger partial charge < -0.3 is 10.1 Å². The summed E-state index contributed by atoms with van der Waals surface area (Å²) in [4.78, 5) is 4.21. The second kappa shape index (κ2) is 8.62. The van der Waals surface area contributed by atoms with Crippen molar-refractivity contribution in [1.29, 1.82) is 0 Å². The molecule has 2 atom stereocenters. The van der Waals surface area contributed by atoms with Crippen LogP contribution in [0.15, 0.2) is 22.9 Å². The summed E-state index contributed by atoms with van der Waals surface area (Å²) >= 11 is 3.46. The van der Waals surface area contributed by atoms with Gasteiger partial charge in [-0.2, -0.15) is 0 Å². The molecule has 0 aromatic carbocycles. The van der Waals surface area contributed by atoms with E-state index in [9.17, 15) is 0 Å². The van der Waals surface area contributed by atoms with E-state index in [1.165, 1.54) is 5.56 Å². The van der Waals surface area contributed by atoms with E-state index in [4.69, 9.17) is 4.74 Å². The molecule has 0 radical (unpaired) electrons. The number of halogens is 1. The maximum Gasteiger partial charge on any atom is 0.0728 e. The van der Waals surface area contributed by atoms with Gasteiger partial charge in [0.05, 0.1) is 6.10 Å². The molecule has 1 aromatic rings. The number of hydrogen-bond acceptors (Lipinski definition) is 3. The van der Waals surface area contributed by atoms with Gasteiger partial charge in [0.2, 0.25) is 0 Å². The van der Waals surface area contributed by atoms with Crippen LogP contribution in [0.1, 0.15) is 32.8 Å². The molecule has 1 aromatic heterocycles. The van der Waals surface area contributed by atoms with E-state index >= 15 is 0 Å². The van der Waals surface area contributed by atoms with Gasteiger partial charge in [-0.3, -0.25) is 4.98 Å². The van der Waals surface area contributed by atoms with Gasteiger partial charge in [0.1, 0.15) is 0 Å². The van der Waals surface area contributed by atoms with Crippen molar-refractivity contribution in [3.8, 4) is 0 Å². The Bertz CT molecular complexity index is 346. The first kappa shape index (κ1) is 15.6. The Morgan fingerprint density at radius 2 is 2.11 bits per heavy atom. The average Bonchev–Trinajstić information content (AvgIpc) is 2.35.